The van der Waals surface area contributed by atoms with Crippen molar-refractivity contribution in [2.24, 2.45) is 0 Å². The van der Waals surface area contributed by atoms with Gasteiger partial charge in [0.1, 0.15) is 18.0 Å². The largest absolute Gasteiger partial charge is 0.343 e. The SMILES string of the molecule is CC(C)c1ccc(C(NC(=O)C2CC(F)CN2C(=O)Cc2ccc(F)cn2)c2ccccc2)cc1. The average molecular weight is 478 g/mol. The van der Waals surface area contributed by atoms with Gasteiger partial charge in [0.15, 0.2) is 0 Å². The molecule has 0 saturated carbocycles. The summed E-state index contributed by atoms with van der Waals surface area (Å²) in [6.07, 6.45) is -0.460. The van der Waals surface area contributed by atoms with Gasteiger partial charge in [0.25, 0.3) is 0 Å². The molecule has 1 saturated heterocycles. The van der Waals surface area contributed by atoms with Crippen molar-refractivity contribution in [1.82, 2.24) is 15.2 Å². The lowest BCUT2D eigenvalue weighted by Gasteiger charge is -2.27. The van der Waals surface area contributed by atoms with Gasteiger partial charge in [0.05, 0.1) is 25.2 Å². The first-order chi connectivity index (χ1) is 16.8. The van der Waals surface area contributed by atoms with Gasteiger partial charge in [-0.1, -0.05) is 68.4 Å². The first-order valence-electron chi connectivity index (χ1n) is 11.8. The maximum Gasteiger partial charge on any atom is 0.243 e. The minimum absolute atomic E-state index is 0.0672. The zero-order valence-corrected chi connectivity index (χ0v) is 19.8. The first-order valence-corrected chi connectivity index (χ1v) is 11.8. The summed E-state index contributed by atoms with van der Waals surface area (Å²) in [5.74, 6) is -0.949. The molecule has 0 bridgehead atoms. The molecule has 1 aliphatic rings. The van der Waals surface area contributed by atoms with Gasteiger partial charge < -0.3 is 10.2 Å². The molecule has 0 aliphatic carbocycles. The summed E-state index contributed by atoms with van der Waals surface area (Å²) in [6.45, 7) is 4.08. The third-order valence-electron chi connectivity index (χ3n) is 6.35. The van der Waals surface area contributed by atoms with E-state index < -0.39 is 35.9 Å². The van der Waals surface area contributed by atoms with Gasteiger partial charge in [0.2, 0.25) is 11.8 Å². The summed E-state index contributed by atoms with van der Waals surface area (Å²) in [5.41, 5.74) is 3.35. The number of likely N-dealkylation sites (tertiary alicyclic amines) is 1. The number of nitrogens with one attached hydrogen (secondary N) is 1. The van der Waals surface area contributed by atoms with Crippen molar-refractivity contribution in [3.05, 3.63) is 101 Å². The van der Waals surface area contributed by atoms with Crippen LogP contribution in [0.2, 0.25) is 0 Å². The van der Waals surface area contributed by atoms with Crippen LogP contribution in [-0.2, 0) is 16.0 Å². The van der Waals surface area contributed by atoms with E-state index in [1.54, 1.807) is 0 Å². The topological polar surface area (TPSA) is 62.3 Å². The zero-order chi connectivity index (χ0) is 24.9. The zero-order valence-electron chi connectivity index (χ0n) is 19.8. The predicted molar refractivity (Wildman–Crippen MR) is 130 cm³/mol. The van der Waals surface area contributed by atoms with Crippen molar-refractivity contribution in [3.63, 3.8) is 0 Å². The van der Waals surface area contributed by atoms with E-state index in [1.807, 2.05) is 54.6 Å². The first kappa shape index (κ1) is 24.5. The van der Waals surface area contributed by atoms with Gasteiger partial charge in [-0.15, -0.1) is 0 Å². The Kier molecular flexibility index (Phi) is 7.54. The van der Waals surface area contributed by atoms with Crippen molar-refractivity contribution in [2.45, 2.75) is 50.9 Å². The normalized spacial score (nSPS) is 18.5. The molecule has 1 aliphatic heterocycles. The second-order valence-electron chi connectivity index (χ2n) is 9.21. The maximum absolute atomic E-state index is 14.4. The predicted octanol–water partition coefficient (Wildman–Crippen LogP) is 4.73. The lowest BCUT2D eigenvalue weighted by molar-refractivity contribution is -0.138. The Morgan fingerprint density at radius 1 is 1.00 bits per heavy atom. The summed E-state index contributed by atoms with van der Waals surface area (Å²) in [5, 5.41) is 3.05. The molecule has 0 spiro atoms. The minimum Gasteiger partial charge on any atom is -0.343 e. The van der Waals surface area contributed by atoms with Gasteiger partial charge in [-0.05, 0) is 34.7 Å². The van der Waals surface area contributed by atoms with Crippen molar-refractivity contribution < 1.29 is 18.4 Å². The van der Waals surface area contributed by atoms with Crippen LogP contribution in [0.5, 0.6) is 0 Å². The van der Waals surface area contributed by atoms with Crippen molar-refractivity contribution in [3.8, 4) is 0 Å². The molecule has 3 atom stereocenters. The minimum atomic E-state index is -1.30. The quantitative estimate of drug-likeness (QED) is 0.535. The van der Waals surface area contributed by atoms with Crippen LogP contribution in [0.25, 0.3) is 0 Å². The van der Waals surface area contributed by atoms with Gasteiger partial charge in [0, 0.05) is 12.1 Å². The van der Waals surface area contributed by atoms with Gasteiger partial charge in [-0.2, -0.15) is 0 Å². The lowest BCUT2D eigenvalue weighted by Crippen LogP contribution is -2.47. The highest BCUT2D eigenvalue weighted by atomic mass is 19.1. The number of benzene rings is 2. The number of carbonyl (C=O) groups is 2. The van der Waals surface area contributed by atoms with Crippen molar-refractivity contribution in [2.75, 3.05) is 6.54 Å². The molecule has 182 valence electrons. The molecule has 5 nitrogen and oxygen atoms in total. The Balaban J connectivity index is 1.54. The van der Waals surface area contributed by atoms with Crippen LogP contribution < -0.4 is 5.32 Å². The van der Waals surface area contributed by atoms with E-state index in [0.717, 1.165) is 17.3 Å². The fourth-order valence-electron chi connectivity index (χ4n) is 4.39. The van der Waals surface area contributed by atoms with Gasteiger partial charge in [-0.3, -0.25) is 14.6 Å². The maximum atomic E-state index is 14.4. The Bertz CT molecular complexity index is 1150. The molecule has 2 aromatic carbocycles. The lowest BCUT2D eigenvalue weighted by atomic mass is 9.95. The van der Waals surface area contributed by atoms with E-state index in [9.17, 15) is 18.4 Å². The third kappa shape index (κ3) is 5.91. The van der Waals surface area contributed by atoms with Crippen LogP contribution in [0, 0.1) is 5.82 Å². The molecular weight excluding hydrogens is 448 g/mol. The van der Waals surface area contributed by atoms with Crippen molar-refractivity contribution in [1.29, 1.82) is 0 Å². The number of rotatable bonds is 7. The molecule has 1 N–H and O–H groups in total. The Hall–Kier alpha value is -3.61. The summed E-state index contributed by atoms with van der Waals surface area (Å²) < 4.78 is 27.5. The van der Waals surface area contributed by atoms with Crippen LogP contribution in [0.15, 0.2) is 72.9 Å². The fourth-order valence-corrected chi connectivity index (χ4v) is 4.39. The van der Waals surface area contributed by atoms with Gasteiger partial charge in [-0.25, -0.2) is 8.78 Å². The molecule has 7 heteroatoms. The van der Waals surface area contributed by atoms with Crippen LogP contribution in [0.1, 0.15) is 54.6 Å². The number of pyridine rings is 1. The molecule has 3 unspecified atom stereocenters. The van der Waals surface area contributed by atoms with Crippen molar-refractivity contribution >= 4 is 11.8 Å². The summed E-state index contributed by atoms with van der Waals surface area (Å²) in [7, 11) is 0. The Morgan fingerprint density at radius 2 is 1.66 bits per heavy atom. The highest BCUT2D eigenvalue weighted by molar-refractivity contribution is 5.89. The molecule has 3 aromatic rings. The number of halogens is 2. The van der Waals surface area contributed by atoms with E-state index in [0.29, 0.717) is 11.6 Å². The number of nitrogens with zero attached hydrogens (tertiary/aromatic N) is 2. The molecule has 1 aromatic heterocycles. The fraction of sp³-hybridized carbons (Fsp3) is 0.321. The number of alkyl halides is 1. The molecule has 0 radical (unpaired) electrons. The van der Waals surface area contributed by atoms with E-state index >= 15 is 0 Å². The number of amides is 2. The second kappa shape index (κ2) is 10.8. The number of hydrogen-bond donors (Lipinski definition) is 1. The number of carbonyl (C=O) groups excluding carboxylic acids is 2. The third-order valence-corrected chi connectivity index (χ3v) is 6.35. The second-order valence-corrected chi connectivity index (χ2v) is 9.21. The Morgan fingerprint density at radius 3 is 2.29 bits per heavy atom. The van der Waals surface area contributed by atoms with E-state index in [1.165, 1.54) is 22.6 Å². The Labute approximate surface area is 204 Å². The van der Waals surface area contributed by atoms with Crippen LogP contribution in [0.4, 0.5) is 8.78 Å². The van der Waals surface area contributed by atoms with E-state index in [-0.39, 0.29) is 19.4 Å². The van der Waals surface area contributed by atoms with Crippen LogP contribution in [0.3, 0.4) is 0 Å². The highest BCUT2D eigenvalue weighted by Gasteiger charge is 2.40. The molecule has 2 heterocycles. The monoisotopic (exact) mass is 477 g/mol. The van der Waals surface area contributed by atoms with Gasteiger partial charge >= 0.3 is 0 Å². The number of hydrogen-bond acceptors (Lipinski definition) is 3. The summed E-state index contributed by atoms with van der Waals surface area (Å²) in [6, 6.07) is 18.9. The highest BCUT2D eigenvalue weighted by Crippen LogP contribution is 2.27. The van der Waals surface area contributed by atoms with E-state index in [4.69, 9.17) is 0 Å². The standard InChI is InChI=1S/C28H29F2N3O2/c1-18(2)19-8-10-21(11-9-19)27(20-6-4-3-5-7-20)32-28(35)25-14-23(30)17-33(25)26(34)15-24-13-12-22(29)16-31-24/h3-13,16,18,23,25,27H,14-15,17H2,1-2H3,(H,32,35). The molecule has 35 heavy (non-hydrogen) atoms. The molecular formula is C28H29F2N3O2. The van der Waals surface area contributed by atoms with Crippen LogP contribution in [-0.4, -0.2) is 40.5 Å². The molecule has 2 amide bonds. The van der Waals surface area contributed by atoms with Crippen LogP contribution >= 0.6 is 0 Å². The molecule has 4 rings (SSSR count). The smallest absolute Gasteiger partial charge is 0.243 e. The summed E-state index contributed by atoms with van der Waals surface area (Å²) in [4.78, 5) is 31.5. The number of aromatic nitrogens is 1. The molecule has 1 fully saturated rings. The van der Waals surface area contributed by atoms with E-state index in [2.05, 4.69) is 24.1 Å². The summed E-state index contributed by atoms with van der Waals surface area (Å²) >= 11 is 0. The average Bonchev–Trinajstić information content (AvgIpc) is 3.26.